The second-order valence-corrected chi connectivity index (χ2v) is 3.43. The smallest absolute Gasteiger partial charge is 0.317 e. The van der Waals surface area contributed by atoms with E-state index in [1.165, 1.54) is 0 Å². The molecule has 0 spiro atoms. The van der Waals surface area contributed by atoms with E-state index in [0.29, 0.717) is 32.1 Å². The van der Waals surface area contributed by atoms with Crippen LogP contribution in [0.5, 0.6) is 0 Å². The van der Waals surface area contributed by atoms with E-state index in [1.54, 1.807) is 4.90 Å². The summed E-state index contributed by atoms with van der Waals surface area (Å²) in [4.78, 5) is 13.2. The first-order valence-electron chi connectivity index (χ1n) is 4.44. The average molecular weight is 207 g/mol. The molecule has 2 amide bonds. The van der Waals surface area contributed by atoms with Crippen LogP contribution in [0.15, 0.2) is 0 Å². The van der Waals surface area contributed by atoms with Crippen LogP contribution in [0.25, 0.3) is 0 Å². The molecule has 1 rings (SSSR count). The molecule has 1 saturated heterocycles. The van der Waals surface area contributed by atoms with Gasteiger partial charge in [-0.05, 0) is 6.92 Å². The summed E-state index contributed by atoms with van der Waals surface area (Å²) in [5, 5.41) is 2.72. The van der Waals surface area contributed by atoms with Crippen LogP contribution in [-0.2, 0) is 4.74 Å². The molecule has 0 saturated carbocycles. The molecule has 1 aliphatic heterocycles. The van der Waals surface area contributed by atoms with Crippen LogP contribution in [0.1, 0.15) is 6.92 Å². The largest absolute Gasteiger partial charge is 0.375 e. The summed E-state index contributed by atoms with van der Waals surface area (Å²) < 4.78 is 5.31. The highest BCUT2D eigenvalue weighted by molar-refractivity contribution is 6.18. The van der Waals surface area contributed by atoms with E-state index in [0.717, 1.165) is 0 Å². The Morgan fingerprint density at radius 2 is 2.54 bits per heavy atom. The normalized spacial score (nSPS) is 22.9. The van der Waals surface area contributed by atoms with Gasteiger partial charge in [-0.2, -0.15) is 0 Å². The van der Waals surface area contributed by atoms with Gasteiger partial charge in [-0.3, -0.25) is 0 Å². The summed E-state index contributed by atoms with van der Waals surface area (Å²) in [6.07, 6.45) is 0.135. The number of halogens is 1. The quantitative estimate of drug-likeness (QED) is 0.675. The molecule has 0 bridgehead atoms. The van der Waals surface area contributed by atoms with Gasteiger partial charge in [0.15, 0.2) is 0 Å². The summed E-state index contributed by atoms with van der Waals surface area (Å²) in [6, 6.07) is -0.0456. The van der Waals surface area contributed by atoms with E-state index in [1.807, 2.05) is 6.92 Å². The summed E-state index contributed by atoms with van der Waals surface area (Å²) in [5.41, 5.74) is 0. The van der Waals surface area contributed by atoms with Crippen molar-refractivity contribution in [2.75, 3.05) is 32.1 Å². The monoisotopic (exact) mass is 206 g/mol. The van der Waals surface area contributed by atoms with Crippen molar-refractivity contribution in [1.29, 1.82) is 0 Å². The molecule has 0 aromatic heterocycles. The summed E-state index contributed by atoms with van der Waals surface area (Å²) >= 11 is 5.46. The Morgan fingerprint density at radius 1 is 1.77 bits per heavy atom. The Bertz CT molecular complexity index is 178. The number of hydrogen-bond acceptors (Lipinski definition) is 2. The molecule has 1 N–H and O–H groups in total. The zero-order valence-corrected chi connectivity index (χ0v) is 8.51. The Hall–Kier alpha value is -0.480. The van der Waals surface area contributed by atoms with Gasteiger partial charge in [-0.25, -0.2) is 4.79 Å². The van der Waals surface area contributed by atoms with Crippen molar-refractivity contribution in [3.63, 3.8) is 0 Å². The van der Waals surface area contributed by atoms with Crippen molar-refractivity contribution in [2.45, 2.75) is 13.0 Å². The van der Waals surface area contributed by atoms with E-state index in [-0.39, 0.29) is 12.1 Å². The van der Waals surface area contributed by atoms with Crippen LogP contribution < -0.4 is 5.32 Å². The van der Waals surface area contributed by atoms with Crippen LogP contribution in [-0.4, -0.2) is 49.2 Å². The fraction of sp³-hybridized carbons (Fsp3) is 0.875. The molecule has 5 heteroatoms. The van der Waals surface area contributed by atoms with Crippen molar-refractivity contribution in [2.24, 2.45) is 0 Å². The number of amides is 2. The van der Waals surface area contributed by atoms with Gasteiger partial charge >= 0.3 is 6.03 Å². The van der Waals surface area contributed by atoms with E-state index < -0.39 is 0 Å². The summed E-state index contributed by atoms with van der Waals surface area (Å²) in [5.74, 6) is 0.450. The van der Waals surface area contributed by atoms with Crippen molar-refractivity contribution in [1.82, 2.24) is 10.2 Å². The highest BCUT2D eigenvalue weighted by atomic mass is 35.5. The van der Waals surface area contributed by atoms with Gasteiger partial charge in [0, 0.05) is 25.5 Å². The van der Waals surface area contributed by atoms with Gasteiger partial charge < -0.3 is 15.0 Å². The first kappa shape index (κ1) is 10.6. The van der Waals surface area contributed by atoms with E-state index in [4.69, 9.17) is 16.3 Å². The van der Waals surface area contributed by atoms with Gasteiger partial charge in [0.2, 0.25) is 0 Å². The number of nitrogens with zero attached hydrogens (tertiary/aromatic N) is 1. The minimum absolute atomic E-state index is 0.0456. The molecular weight excluding hydrogens is 192 g/mol. The number of hydrogen-bond donors (Lipinski definition) is 1. The minimum Gasteiger partial charge on any atom is -0.375 e. The fourth-order valence-electron chi connectivity index (χ4n) is 1.27. The van der Waals surface area contributed by atoms with E-state index in [2.05, 4.69) is 5.32 Å². The molecule has 1 unspecified atom stereocenters. The number of urea groups is 1. The lowest BCUT2D eigenvalue weighted by molar-refractivity contribution is -0.00338. The second-order valence-electron chi connectivity index (χ2n) is 3.05. The molecule has 0 aromatic carbocycles. The minimum atomic E-state index is -0.0456. The molecule has 76 valence electrons. The number of alkyl halides is 1. The second kappa shape index (κ2) is 5.29. The van der Waals surface area contributed by atoms with Crippen molar-refractivity contribution >= 4 is 17.6 Å². The molecule has 1 atom stereocenters. The molecular formula is C8H15ClN2O2. The number of rotatable bonds is 2. The third-order valence-electron chi connectivity index (χ3n) is 1.90. The predicted octanol–water partition coefficient (Wildman–Crippen LogP) is 0.655. The molecule has 0 aromatic rings. The van der Waals surface area contributed by atoms with Gasteiger partial charge in [0.25, 0.3) is 0 Å². The SMILES string of the molecule is CC1CN(C(=O)NCCCl)CCO1. The topological polar surface area (TPSA) is 41.6 Å². The highest BCUT2D eigenvalue weighted by Gasteiger charge is 2.20. The van der Waals surface area contributed by atoms with Gasteiger partial charge in [0.1, 0.15) is 0 Å². The van der Waals surface area contributed by atoms with Crippen molar-refractivity contribution in [3.05, 3.63) is 0 Å². The Balaban J connectivity index is 2.28. The summed E-state index contributed by atoms with van der Waals surface area (Å²) in [6.45, 7) is 4.43. The average Bonchev–Trinajstić information content (AvgIpc) is 2.14. The van der Waals surface area contributed by atoms with Gasteiger partial charge in [0.05, 0.1) is 12.7 Å². The lowest BCUT2D eigenvalue weighted by atomic mass is 10.3. The number of nitrogens with one attached hydrogen (secondary N) is 1. The van der Waals surface area contributed by atoms with Crippen LogP contribution in [0.3, 0.4) is 0 Å². The molecule has 13 heavy (non-hydrogen) atoms. The number of carbonyl (C=O) groups excluding carboxylic acids is 1. The van der Waals surface area contributed by atoms with Crippen LogP contribution in [0, 0.1) is 0 Å². The highest BCUT2D eigenvalue weighted by Crippen LogP contribution is 2.03. The van der Waals surface area contributed by atoms with Gasteiger partial charge in [-0.15, -0.1) is 11.6 Å². The van der Waals surface area contributed by atoms with Crippen molar-refractivity contribution in [3.8, 4) is 0 Å². The first-order valence-corrected chi connectivity index (χ1v) is 4.98. The molecule has 1 fully saturated rings. The predicted molar refractivity (Wildman–Crippen MR) is 51.1 cm³/mol. The van der Waals surface area contributed by atoms with Crippen LogP contribution in [0.2, 0.25) is 0 Å². The maximum atomic E-state index is 11.4. The lowest BCUT2D eigenvalue weighted by Crippen LogP contribution is -2.49. The third-order valence-corrected chi connectivity index (χ3v) is 2.09. The first-order chi connectivity index (χ1) is 6.24. The fourth-order valence-corrected chi connectivity index (χ4v) is 1.36. The Morgan fingerprint density at radius 3 is 3.15 bits per heavy atom. The molecule has 1 heterocycles. The van der Waals surface area contributed by atoms with E-state index in [9.17, 15) is 4.79 Å². The van der Waals surface area contributed by atoms with Crippen molar-refractivity contribution < 1.29 is 9.53 Å². The Kier molecular flexibility index (Phi) is 4.32. The molecule has 0 radical (unpaired) electrons. The zero-order chi connectivity index (χ0) is 9.68. The summed E-state index contributed by atoms with van der Waals surface area (Å²) in [7, 11) is 0. The van der Waals surface area contributed by atoms with E-state index >= 15 is 0 Å². The lowest BCUT2D eigenvalue weighted by Gasteiger charge is -2.31. The molecule has 1 aliphatic rings. The third kappa shape index (κ3) is 3.40. The maximum Gasteiger partial charge on any atom is 0.317 e. The number of ether oxygens (including phenoxy) is 1. The van der Waals surface area contributed by atoms with Crippen LogP contribution >= 0.6 is 11.6 Å². The molecule has 0 aliphatic carbocycles. The number of morpholine rings is 1. The Labute approximate surface area is 83.2 Å². The van der Waals surface area contributed by atoms with Crippen LogP contribution in [0.4, 0.5) is 4.79 Å². The molecule has 4 nitrogen and oxygen atoms in total. The number of carbonyl (C=O) groups is 1. The maximum absolute atomic E-state index is 11.4. The standard InChI is InChI=1S/C8H15ClN2O2/c1-7-6-11(4-5-13-7)8(12)10-3-2-9/h7H,2-6H2,1H3,(H,10,12). The zero-order valence-electron chi connectivity index (χ0n) is 7.75. The van der Waals surface area contributed by atoms with Gasteiger partial charge in [-0.1, -0.05) is 0 Å².